The standard InChI is InChI=1S/C13H11F2NO2/c1-18-12-4-2-3-9(13(12)15)11-5-8(7-17)10(14)6-16-11/h2-6,17H,7H2,1H3. The molecule has 0 aliphatic carbocycles. The van der Waals surface area contributed by atoms with Gasteiger partial charge in [0, 0.05) is 11.1 Å². The molecule has 0 aliphatic heterocycles. The van der Waals surface area contributed by atoms with E-state index in [1.165, 1.54) is 25.3 Å². The molecule has 0 amide bonds. The number of aliphatic hydroxyl groups is 1. The average molecular weight is 251 g/mol. The van der Waals surface area contributed by atoms with Crippen LogP contribution < -0.4 is 4.74 Å². The molecule has 0 fully saturated rings. The molecule has 0 spiro atoms. The van der Waals surface area contributed by atoms with Crippen molar-refractivity contribution in [3.63, 3.8) is 0 Å². The van der Waals surface area contributed by atoms with E-state index in [-0.39, 0.29) is 22.6 Å². The summed E-state index contributed by atoms with van der Waals surface area (Å²) in [7, 11) is 1.36. The van der Waals surface area contributed by atoms with Gasteiger partial charge in [-0.25, -0.2) is 8.78 Å². The average Bonchev–Trinajstić information content (AvgIpc) is 2.40. The summed E-state index contributed by atoms with van der Waals surface area (Å²) in [6.07, 6.45) is 0.958. The number of hydrogen-bond acceptors (Lipinski definition) is 3. The van der Waals surface area contributed by atoms with Gasteiger partial charge in [-0.15, -0.1) is 0 Å². The number of rotatable bonds is 3. The summed E-state index contributed by atoms with van der Waals surface area (Å²) in [4.78, 5) is 3.81. The van der Waals surface area contributed by atoms with Crippen molar-refractivity contribution in [3.8, 4) is 17.0 Å². The van der Waals surface area contributed by atoms with E-state index in [1.807, 2.05) is 0 Å². The van der Waals surface area contributed by atoms with Crippen molar-refractivity contribution in [1.29, 1.82) is 0 Å². The third-order valence-corrected chi connectivity index (χ3v) is 2.56. The monoisotopic (exact) mass is 251 g/mol. The van der Waals surface area contributed by atoms with Crippen LogP contribution in [0, 0.1) is 11.6 Å². The molecular weight excluding hydrogens is 240 g/mol. The van der Waals surface area contributed by atoms with Gasteiger partial charge in [0.2, 0.25) is 0 Å². The van der Waals surface area contributed by atoms with Gasteiger partial charge in [0.25, 0.3) is 0 Å². The summed E-state index contributed by atoms with van der Waals surface area (Å²) in [6, 6.07) is 5.92. The number of methoxy groups -OCH3 is 1. The van der Waals surface area contributed by atoms with Crippen LogP contribution in [-0.4, -0.2) is 17.2 Å². The Balaban J connectivity index is 2.55. The van der Waals surface area contributed by atoms with Crippen LogP contribution in [0.1, 0.15) is 5.56 Å². The van der Waals surface area contributed by atoms with Crippen LogP contribution in [0.5, 0.6) is 5.75 Å². The Morgan fingerprint density at radius 3 is 2.78 bits per heavy atom. The Hall–Kier alpha value is -2.01. The molecule has 0 aliphatic rings. The van der Waals surface area contributed by atoms with Crippen molar-refractivity contribution in [3.05, 3.63) is 47.7 Å². The smallest absolute Gasteiger partial charge is 0.174 e. The van der Waals surface area contributed by atoms with E-state index < -0.39 is 18.2 Å². The first-order valence-electron chi connectivity index (χ1n) is 5.25. The quantitative estimate of drug-likeness (QED) is 0.911. The van der Waals surface area contributed by atoms with Gasteiger partial charge in [0.15, 0.2) is 11.6 Å². The summed E-state index contributed by atoms with van der Waals surface area (Å²) < 4.78 is 32.0. The molecule has 0 bridgehead atoms. The molecule has 3 nitrogen and oxygen atoms in total. The third kappa shape index (κ3) is 2.17. The minimum absolute atomic E-state index is 0.0715. The molecular formula is C13H11F2NO2. The lowest BCUT2D eigenvalue weighted by Gasteiger charge is -2.08. The Kier molecular flexibility index (Phi) is 3.53. The van der Waals surface area contributed by atoms with Crippen molar-refractivity contribution >= 4 is 0 Å². The molecule has 1 aromatic carbocycles. The number of nitrogens with zero attached hydrogens (tertiary/aromatic N) is 1. The van der Waals surface area contributed by atoms with Crippen molar-refractivity contribution < 1.29 is 18.6 Å². The fourth-order valence-electron chi connectivity index (χ4n) is 1.62. The second-order valence-corrected chi connectivity index (χ2v) is 3.64. The molecule has 2 aromatic rings. The molecule has 0 saturated heterocycles. The van der Waals surface area contributed by atoms with Gasteiger partial charge in [-0.1, -0.05) is 6.07 Å². The predicted molar refractivity (Wildman–Crippen MR) is 62.1 cm³/mol. The van der Waals surface area contributed by atoms with Gasteiger partial charge in [0.05, 0.1) is 25.6 Å². The molecule has 5 heteroatoms. The van der Waals surface area contributed by atoms with Crippen LogP contribution in [-0.2, 0) is 6.61 Å². The molecule has 1 N–H and O–H groups in total. The summed E-state index contributed by atoms with van der Waals surface area (Å²) in [5, 5.41) is 8.97. The number of aliphatic hydroxyl groups excluding tert-OH is 1. The first-order chi connectivity index (χ1) is 8.67. The fourth-order valence-corrected chi connectivity index (χ4v) is 1.62. The minimum atomic E-state index is -0.621. The van der Waals surface area contributed by atoms with E-state index >= 15 is 0 Å². The molecule has 0 atom stereocenters. The number of aromatic nitrogens is 1. The fraction of sp³-hybridized carbons (Fsp3) is 0.154. The van der Waals surface area contributed by atoms with E-state index in [0.717, 1.165) is 6.20 Å². The number of ether oxygens (including phenoxy) is 1. The lowest BCUT2D eigenvalue weighted by molar-refractivity contribution is 0.275. The number of benzene rings is 1. The topological polar surface area (TPSA) is 42.4 Å². The lowest BCUT2D eigenvalue weighted by atomic mass is 10.1. The third-order valence-electron chi connectivity index (χ3n) is 2.56. The normalized spacial score (nSPS) is 10.4. The Bertz CT molecular complexity index is 573. The predicted octanol–water partition coefficient (Wildman–Crippen LogP) is 2.53. The van der Waals surface area contributed by atoms with E-state index in [0.29, 0.717) is 0 Å². The van der Waals surface area contributed by atoms with Gasteiger partial charge in [-0.05, 0) is 18.2 Å². The molecule has 1 aromatic heterocycles. The molecule has 0 unspecified atom stereocenters. The largest absolute Gasteiger partial charge is 0.494 e. The van der Waals surface area contributed by atoms with Gasteiger partial charge in [0.1, 0.15) is 5.82 Å². The van der Waals surface area contributed by atoms with Crippen LogP contribution in [0.4, 0.5) is 8.78 Å². The SMILES string of the molecule is COc1cccc(-c2cc(CO)c(F)cn2)c1F. The van der Waals surface area contributed by atoms with Crippen molar-refractivity contribution in [2.24, 2.45) is 0 Å². The van der Waals surface area contributed by atoms with Crippen molar-refractivity contribution in [2.75, 3.05) is 7.11 Å². The molecule has 18 heavy (non-hydrogen) atoms. The van der Waals surface area contributed by atoms with Crippen molar-refractivity contribution in [1.82, 2.24) is 4.98 Å². The highest BCUT2D eigenvalue weighted by atomic mass is 19.1. The van der Waals surface area contributed by atoms with Crippen LogP contribution in [0.2, 0.25) is 0 Å². The molecule has 2 rings (SSSR count). The van der Waals surface area contributed by atoms with Crippen LogP contribution in [0.15, 0.2) is 30.5 Å². The summed E-state index contributed by atoms with van der Waals surface area (Å²) in [6.45, 7) is -0.465. The lowest BCUT2D eigenvalue weighted by Crippen LogP contribution is -1.96. The Morgan fingerprint density at radius 1 is 1.33 bits per heavy atom. The zero-order valence-electron chi connectivity index (χ0n) is 9.65. The maximum Gasteiger partial charge on any atom is 0.174 e. The van der Waals surface area contributed by atoms with E-state index in [1.54, 1.807) is 6.07 Å². The zero-order valence-corrected chi connectivity index (χ0v) is 9.65. The van der Waals surface area contributed by atoms with E-state index in [2.05, 4.69) is 4.98 Å². The zero-order chi connectivity index (χ0) is 13.1. The van der Waals surface area contributed by atoms with Gasteiger partial charge in [-0.3, -0.25) is 4.98 Å². The molecule has 1 heterocycles. The van der Waals surface area contributed by atoms with Crippen LogP contribution in [0.25, 0.3) is 11.3 Å². The number of pyridine rings is 1. The second-order valence-electron chi connectivity index (χ2n) is 3.64. The van der Waals surface area contributed by atoms with E-state index in [9.17, 15) is 8.78 Å². The molecule has 0 radical (unpaired) electrons. The number of halogens is 2. The Labute approximate surface area is 103 Å². The summed E-state index contributed by atoms with van der Waals surface area (Å²) >= 11 is 0. The van der Waals surface area contributed by atoms with Crippen molar-refractivity contribution in [2.45, 2.75) is 6.61 Å². The first-order valence-corrected chi connectivity index (χ1v) is 5.25. The first kappa shape index (κ1) is 12.4. The summed E-state index contributed by atoms with van der Waals surface area (Å²) in [5.41, 5.74) is 0.517. The number of hydrogen-bond donors (Lipinski definition) is 1. The highest BCUT2D eigenvalue weighted by Crippen LogP contribution is 2.28. The Morgan fingerprint density at radius 2 is 2.11 bits per heavy atom. The van der Waals surface area contributed by atoms with Gasteiger partial charge < -0.3 is 9.84 Å². The van der Waals surface area contributed by atoms with Gasteiger partial charge >= 0.3 is 0 Å². The highest BCUT2D eigenvalue weighted by Gasteiger charge is 2.13. The minimum Gasteiger partial charge on any atom is -0.494 e. The van der Waals surface area contributed by atoms with Crippen LogP contribution in [0.3, 0.4) is 0 Å². The van der Waals surface area contributed by atoms with Crippen LogP contribution >= 0.6 is 0 Å². The molecule has 94 valence electrons. The summed E-state index contributed by atoms with van der Waals surface area (Å²) in [5.74, 6) is -1.10. The maximum absolute atomic E-state index is 14.0. The molecule has 0 saturated carbocycles. The maximum atomic E-state index is 14.0. The second kappa shape index (κ2) is 5.10. The highest BCUT2D eigenvalue weighted by molar-refractivity contribution is 5.62. The van der Waals surface area contributed by atoms with Gasteiger partial charge in [-0.2, -0.15) is 0 Å². The van der Waals surface area contributed by atoms with E-state index in [4.69, 9.17) is 9.84 Å².